The quantitative estimate of drug-likeness (QED) is 0.654. The Bertz CT molecular complexity index is 753. The van der Waals surface area contributed by atoms with Crippen LogP contribution in [0.15, 0.2) is 42.6 Å². The molecule has 0 spiro atoms. The van der Waals surface area contributed by atoms with E-state index in [-0.39, 0.29) is 5.82 Å². The normalized spacial score (nSPS) is 10.4. The van der Waals surface area contributed by atoms with Gasteiger partial charge < -0.3 is 0 Å². The second kappa shape index (κ2) is 3.93. The molecule has 3 rings (SSSR count). The van der Waals surface area contributed by atoms with E-state index in [1.807, 2.05) is 6.07 Å². The highest BCUT2D eigenvalue weighted by Crippen LogP contribution is 2.17. The number of pyridine rings is 1. The van der Waals surface area contributed by atoms with E-state index in [1.54, 1.807) is 35.1 Å². The maximum atomic E-state index is 12.9. The fourth-order valence-electron chi connectivity index (χ4n) is 1.77. The van der Waals surface area contributed by atoms with Crippen molar-refractivity contribution in [3.63, 3.8) is 0 Å². The van der Waals surface area contributed by atoms with Gasteiger partial charge >= 0.3 is 0 Å². The molecule has 0 fully saturated rings. The smallest absolute Gasteiger partial charge is 0.141 e. The zero-order valence-corrected chi connectivity index (χ0v) is 9.21. The van der Waals surface area contributed by atoms with E-state index in [0.29, 0.717) is 11.2 Å². The number of nitrogens with zero attached hydrogens (tertiary/aromatic N) is 4. The minimum absolute atomic E-state index is 0.292. The number of rotatable bonds is 1. The van der Waals surface area contributed by atoms with E-state index < -0.39 is 0 Å². The molecule has 2 aromatic heterocycles. The highest BCUT2D eigenvalue weighted by atomic mass is 19.1. The molecular formula is C13H7FN4. The van der Waals surface area contributed by atoms with Gasteiger partial charge in [-0.05, 0) is 36.4 Å². The lowest BCUT2D eigenvalue weighted by molar-refractivity contribution is 0.627. The third-order valence-electron chi connectivity index (χ3n) is 2.61. The number of fused-ring (bicyclic) bond motifs is 1. The van der Waals surface area contributed by atoms with Crippen LogP contribution in [0.5, 0.6) is 0 Å². The predicted molar refractivity (Wildman–Crippen MR) is 63.5 cm³/mol. The van der Waals surface area contributed by atoms with Crippen molar-refractivity contribution in [3.8, 4) is 11.8 Å². The molecule has 86 valence electrons. The zero-order chi connectivity index (χ0) is 12.5. The summed E-state index contributed by atoms with van der Waals surface area (Å²) in [6.45, 7) is 0. The van der Waals surface area contributed by atoms with Gasteiger partial charge in [0.2, 0.25) is 0 Å². The second-order valence-corrected chi connectivity index (χ2v) is 3.75. The predicted octanol–water partition coefficient (Wildman–Crippen LogP) is 2.43. The van der Waals surface area contributed by atoms with Crippen molar-refractivity contribution in [2.45, 2.75) is 0 Å². The number of halogens is 1. The number of aromatic nitrogens is 3. The Kier molecular flexibility index (Phi) is 2.27. The van der Waals surface area contributed by atoms with E-state index in [4.69, 9.17) is 5.26 Å². The Hall–Kier alpha value is -2.74. The summed E-state index contributed by atoms with van der Waals surface area (Å²) in [6.07, 6.45) is 1.58. The molecule has 5 heteroatoms. The molecule has 0 bridgehead atoms. The molecule has 0 saturated carbocycles. The van der Waals surface area contributed by atoms with Gasteiger partial charge in [0, 0.05) is 0 Å². The first-order valence-electron chi connectivity index (χ1n) is 5.29. The minimum atomic E-state index is -0.292. The lowest BCUT2D eigenvalue weighted by Gasteiger charge is -2.02. The lowest BCUT2D eigenvalue weighted by atomic mass is 10.3. The Morgan fingerprint density at radius 3 is 2.61 bits per heavy atom. The van der Waals surface area contributed by atoms with Crippen LogP contribution in [0.3, 0.4) is 0 Å². The molecule has 2 heterocycles. The summed E-state index contributed by atoms with van der Waals surface area (Å²) >= 11 is 0. The molecule has 0 amide bonds. The van der Waals surface area contributed by atoms with Crippen LogP contribution in [-0.4, -0.2) is 14.8 Å². The van der Waals surface area contributed by atoms with Crippen molar-refractivity contribution < 1.29 is 4.39 Å². The van der Waals surface area contributed by atoms with E-state index in [2.05, 4.69) is 10.1 Å². The average Bonchev–Trinajstić information content (AvgIpc) is 2.82. The molecule has 18 heavy (non-hydrogen) atoms. The van der Waals surface area contributed by atoms with Crippen LogP contribution in [0.1, 0.15) is 5.69 Å². The van der Waals surface area contributed by atoms with Gasteiger partial charge in [-0.1, -0.05) is 0 Å². The summed E-state index contributed by atoms with van der Waals surface area (Å²) in [6, 6.07) is 11.4. The summed E-state index contributed by atoms with van der Waals surface area (Å²) in [5.41, 5.74) is 2.51. The molecule has 0 atom stereocenters. The minimum Gasteiger partial charge on any atom is -0.234 e. The Balaban J connectivity index is 2.19. The largest absolute Gasteiger partial charge is 0.234 e. The number of nitriles is 1. The molecule has 0 unspecified atom stereocenters. The van der Waals surface area contributed by atoms with Gasteiger partial charge in [-0.2, -0.15) is 10.4 Å². The van der Waals surface area contributed by atoms with E-state index in [0.717, 1.165) is 11.2 Å². The first kappa shape index (κ1) is 10.4. The summed E-state index contributed by atoms with van der Waals surface area (Å²) in [5, 5.41) is 13.0. The second-order valence-electron chi connectivity index (χ2n) is 3.75. The van der Waals surface area contributed by atoms with Crippen LogP contribution in [0.25, 0.3) is 16.7 Å². The van der Waals surface area contributed by atoms with Gasteiger partial charge in [-0.3, -0.25) is 0 Å². The Morgan fingerprint density at radius 1 is 1.11 bits per heavy atom. The number of benzene rings is 1. The summed E-state index contributed by atoms with van der Waals surface area (Å²) < 4.78 is 14.5. The van der Waals surface area contributed by atoms with Crippen molar-refractivity contribution in [2.75, 3.05) is 0 Å². The van der Waals surface area contributed by atoms with Gasteiger partial charge in [0.15, 0.2) is 0 Å². The molecule has 0 aliphatic heterocycles. The summed E-state index contributed by atoms with van der Waals surface area (Å²) in [5.74, 6) is -0.292. The third-order valence-corrected chi connectivity index (χ3v) is 2.61. The van der Waals surface area contributed by atoms with Crippen LogP contribution in [0, 0.1) is 17.1 Å². The third kappa shape index (κ3) is 1.60. The van der Waals surface area contributed by atoms with Crippen molar-refractivity contribution in [1.29, 1.82) is 5.26 Å². The van der Waals surface area contributed by atoms with E-state index >= 15 is 0 Å². The standard InChI is InChI=1S/C13H7FN4/c14-9-1-4-11(5-2-9)18-13-6-3-10(7-15)17-12(13)8-16-18/h1-6,8H. The Labute approximate surface area is 102 Å². The van der Waals surface area contributed by atoms with Crippen molar-refractivity contribution >= 4 is 11.0 Å². The number of hydrogen-bond acceptors (Lipinski definition) is 3. The molecule has 4 nitrogen and oxygen atoms in total. The van der Waals surface area contributed by atoms with Crippen LogP contribution in [0.2, 0.25) is 0 Å². The SMILES string of the molecule is N#Cc1ccc2c(cnn2-c2ccc(F)cc2)n1. The highest BCUT2D eigenvalue weighted by molar-refractivity contribution is 5.76. The monoisotopic (exact) mass is 238 g/mol. The van der Waals surface area contributed by atoms with Gasteiger partial charge in [0.1, 0.15) is 23.1 Å². The molecule has 3 aromatic rings. The number of hydrogen-bond donors (Lipinski definition) is 0. The zero-order valence-electron chi connectivity index (χ0n) is 9.21. The van der Waals surface area contributed by atoms with Gasteiger partial charge in [-0.25, -0.2) is 14.1 Å². The van der Waals surface area contributed by atoms with Crippen LogP contribution < -0.4 is 0 Å². The molecule has 0 N–H and O–H groups in total. The molecule has 0 aliphatic carbocycles. The highest BCUT2D eigenvalue weighted by Gasteiger charge is 2.06. The fraction of sp³-hybridized carbons (Fsp3) is 0. The van der Waals surface area contributed by atoms with Gasteiger partial charge in [0.05, 0.1) is 17.4 Å². The van der Waals surface area contributed by atoms with E-state index in [9.17, 15) is 4.39 Å². The molecule has 0 saturated heterocycles. The van der Waals surface area contributed by atoms with Crippen molar-refractivity contribution in [1.82, 2.24) is 14.8 Å². The topological polar surface area (TPSA) is 54.5 Å². The van der Waals surface area contributed by atoms with E-state index in [1.165, 1.54) is 12.1 Å². The van der Waals surface area contributed by atoms with Crippen LogP contribution >= 0.6 is 0 Å². The molecular weight excluding hydrogens is 231 g/mol. The van der Waals surface area contributed by atoms with Crippen molar-refractivity contribution in [3.05, 3.63) is 54.1 Å². The van der Waals surface area contributed by atoms with Gasteiger partial charge in [-0.15, -0.1) is 0 Å². The summed E-state index contributed by atoms with van der Waals surface area (Å²) in [7, 11) is 0. The first-order valence-corrected chi connectivity index (χ1v) is 5.29. The van der Waals surface area contributed by atoms with Gasteiger partial charge in [0.25, 0.3) is 0 Å². The Morgan fingerprint density at radius 2 is 1.89 bits per heavy atom. The van der Waals surface area contributed by atoms with Crippen LogP contribution in [0.4, 0.5) is 4.39 Å². The molecule has 1 aromatic carbocycles. The fourth-order valence-corrected chi connectivity index (χ4v) is 1.77. The molecule has 0 aliphatic rings. The first-order chi connectivity index (χ1) is 8.78. The lowest BCUT2D eigenvalue weighted by Crippen LogP contribution is -1.96. The maximum Gasteiger partial charge on any atom is 0.141 e. The summed E-state index contributed by atoms with van der Waals surface area (Å²) in [4.78, 5) is 4.14. The molecule has 0 radical (unpaired) electrons. The van der Waals surface area contributed by atoms with Crippen LogP contribution in [-0.2, 0) is 0 Å². The average molecular weight is 238 g/mol. The maximum absolute atomic E-state index is 12.9. The van der Waals surface area contributed by atoms with Crippen molar-refractivity contribution in [2.24, 2.45) is 0 Å².